The minimum absolute atomic E-state index is 0.297. The molecule has 0 saturated heterocycles. The van der Waals surface area contributed by atoms with Crippen molar-refractivity contribution in [3.63, 3.8) is 0 Å². The van der Waals surface area contributed by atoms with Gasteiger partial charge in [0.05, 0.1) is 13.1 Å². The molecule has 1 aliphatic rings. The van der Waals surface area contributed by atoms with Crippen molar-refractivity contribution in [2.75, 3.05) is 19.8 Å². The lowest BCUT2D eigenvalue weighted by molar-refractivity contribution is 0.105. The predicted molar refractivity (Wildman–Crippen MR) is 120 cm³/mol. The molecule has 0 aliphatic heterocycles. The Balaban J connectivity index is 1.65. The van der Waals surface area contributed by atoms with Gasteiger partial charge in [-0.25, -0.2) is 4.99 Å². The van der Waals surface area contributed by atoms with E-state index in [-0.39, 0.29) is 0 Å². The van der Waals surface area contributed by atoms with Gasteiger partial charge in [0.2, 0.25) is 0 Å². The van der Waals surface area contributed by atoms with E-state index in [1.165, 1.54) is 31.2 Å². The van der Waals surface area contributed by atoms with Gasteiger partial charge in [-0.2, -0.15) is 0 Å². The molecule has 1 aromatic carbocycles. The van der Waals surface area contributed by atoms with Crippen LogP contribution in [0, 0.1) is 12.3 Å². The number of rotatable bonds is 10. The van der Waals surface area contributed by atoms with Gasteiger partial charge in [-0.1, -0.05) is 43.2 Å². The van der Waals surface area contributed by atoms with Gasteiger partial charge < -0.3 is 19.9 Å². The van der Waals surface area contributed by atoms with Crippen LogP contribution in [-0.4, -0.2) is 40.5 Å². The second-order valence-electron chi connectivity index (χ2n) is 8.23. The zero-order chi connectivity index (χ0) is 21.2. The summed E-state index contributed by atoms with van der Waals surface area (Å²) in [5.74, 6) is 2.62. The molecule has 0 spiro atoms. The fraction of sp³-hybridized carbons (Fsp3) is 0.609. The van der Waals surface area contributed by atoms with Gasteiger partial charge in [-0.3, -0.25) is 0 Å². The lowest BCUT2D eigenvalue weighted by Gasteiger charge is -2.30. The fourth-order valence-corrected chi connectivity index (χ4v) is 4.04. The summed E-state index contributed by atoms with van der Waals surface area (Å²) < 4.78 is 7.66. The molecule has 0 atom stereocenters. The van der Waals surface area contributed by atoms with Crippen LogP contribution in [0.4, 0.5) is 0 Å². The Hall–Kier alpha value is -2.41. The number of benzene rings is 1. The smallest absolute Gasteiger partial charge is 0.191 e. The minimum Gasteiger partial charge on any atom is -0.382 e. The number of aromatic nitrogens is 3. The first kappa shape index (κ1) is 22.3. The highest BCUT2D eigenvalue weighted by atomic mass is 16.5. The van der Waals surface area contributed by atoms with E-state index in [9.17, 15) is 0 Å². The van der Waals surface area contributed by atoms with Gasteiger partial charge in [-0.15, -0.1) is 10.2 Å². The largest absolute Gasteiger partial charge is 0.382 e. The van der Waals surface area contributed by atoms with E-state index in [4.69, 9.17) is 9.73 Å². The Morgan fingerprint density at radius 3 is 2.60 bits per heavy atom. The molecule has 7 nitrogen and oxygen atoms in total. The van der Waals surface area contributed by atoms with E-state index >= 15 is 0 Å². The number of nitrogens with zero attached hydrogens (tertiary/aromatic N) is 4. The molecule has 30 heavy (non-hydrogen) atoms. The van der Waals surface area contributed by atoms with E-state index < -0.39 is 0 Å². The number of aliphatic imine (C=N–C) groups is 1. The normalized spacial score (nSPS) is 16.0. The van der Waals surface area contributed by atoms with Crippen molar-refractivity contribution < 1.29 is 4.74 Å². The maximum absolute atomic E-state index is 5.66. The fourth-order valence-electron chi connectivity index (χ4n) is 4.04. The van der Waals surface area contributed by atoms with Gasteiger partial charge in [0.15, 0.2) is 11.8 Å². The molecule has 1 heterocycles. The summed E-state index contributed by atoms with van der Waals surface area (Å²) in [6.07, 6.45) is 6.21. The Morgan fingerprint density at radius 2 is 1.93 bits per heavy atom. The molecule has 0 radical (unpaired) electrons. The van der Waals surface area contributed by atoms with E-state index in [0.29, 0.717) is 18.5 Å². The first-order valence-corrected chi connectivity index (χ1v) is 11.1. The molecule has 0 unspecified atom stereocenters. The molecule has 164 valence electrons. The zero-order valence-corrected chi connectivity index (χ0v) is 18.7. The summed E-state index contributed by atoms with van der Waals surface area (Å²) in [6, 6.07) is 10.3. The Bertz CT molecular complexity index is 795. The average Bonchev–Trinajstić information content (AvgIpc) is 3.36. The van der Waals surface area contributed by atoms with Crippen molar-refractivity contribution in [1.82, 2.24) is 25.4 Å². The molecular formula is C23H36N6O. The van der Waals surface area contributed by atoms with Crippen molar-refractivity contribution in [2.24, 2.45) is 17.5 Å². The second-order valence-corrected chi connectivity index (χ2v) is 8.23. The standard InChI is InChI=1S/C23H36N6O/c1-4-30-15-14-23(12-8-9-13-23)18-26-22(24-16-20-10-6-5-7-11-20)25-17-21-28-27-19(2)29(21)3/h5-7,10-11H,4,8-9,12-18H2,1-3H3,(H2,24,25,26). The number of nitrogens with one attached hydrogen (secondary N) is 2. The zero-order valence-electron chi connectivity index (χ0n) is 18.7. The molecule has 1 aliphatic carbocycles. The molecule has 1 aromatic heterocycles. The summed E-state index contributed by atoms with van der Waals surface area (Å²) >= 11 is 0. The van der Waals surface area contributed by atoms with Crippen LogP contribution < -0.4 is 10.6 Å². The number of hydrogen-bond acceptors (Lipinski definition) is 4. The van der Waals surface area contributed by atoms with Gasteiger partial charge in [0.25, 0.3) is 0 Å². The van der Waals surface area contributed by atoms with Crippen molar-refractivity contribution in [1.29, 1.82) is 0 Å². The summed E-state index contributed by atoms with van der Waals surface area (Å²) in [6.45, 7) is 7.78. The SMILES string of the molecule is CCOCCC1(CNC(=NCc2ccccc2)NCc2nnc(C)n2C)CCCC1. The Labute approximate surface area is 180 Å². The number of aryl methyl sites for hydroxylation is 1. The van der Waals surface area contributed by atoms with Gasteiger partial charge in [-0.05, 0) is 44.1 Å². The summed E-state index contributed by atoms with van der Waals surface area (Å²) in [5.41, 5.74) is 1.49. The van der Waals surface area contributed by atoms with Crippen LogP contribution in [0.1, 0.15) is 56.2 Å². The van der Waals surface area contributed by atoms with Crippen LogP contribution in [-0.2, 0) is 24.9 Å². The molecule has 1 fully saturated rings. The quantitative estimate of drug-likeness (QED) is 0.356. The highest BCUT2D eigenvalue weighted by Gasteiger charge is 2.33. The van der Waals surface area contributed by atoms with Crippen LogP contribution in [0.2, 0.25) is 0 Å². The van der Waals surface area contributed by atoms with Crippen molar-refractivity contribution in [3.8, 4) is 0 Å². The van der Waals surface area contributed by atoms with E-state index in [1.807, 2.05) is 24.6 Å². The van der Waals surface area contributed by atoms with Gasteiger partial charge in [0.1, 0.15) is 5.82 Å². The molecule has 7 heteroatoms. The molecule has 3 rings (SSSR count). The number of guanidine groups is 1. The summed E-state index contributed by atoms with van der Waals surface area (Å²) in [4.78, 5) is 4.84. The van der Waals surface area contributed by atoms with Crippen molar-refractivity contribution in [3.05, 3.63) is 47.5 Å². The van der Waals surface area contributed by atoms with E-state index in [1.54, 1.807) is 0 Å². The van der Waals surface area contributed by atoms with Crippen LogP contribution >= 0.6 is 0 Å². The number of hydrogen-bond donors (Lipinski definition) is 2. The third-order valence-corrected chi connectivity index (χ3v) is 6.14. The third kappa shape index (κ3) is 6.29. The average molecular weight is 413 g/mol. The first-order valence-electron chi connectivity index (χ1n) is 11.1. The molecule has 0 bridgehead atoms. The second kappa shape index (κ2) is 11.1. The van der Waals surface area contributed by atoms with Gasteiger partial charge in [0, 0.05) is 26.8 Å². The van der Waals surface area contributed by atoms with Crippen LogP contribution in [0.25, 0.3) is 0 Å². The molecule has 1 saturated carbocycles. The highest BCUT2D eigenvalue weighted by Crippen LogP contribution is 2.40. The number of ether oxygens (including phenoxy) is 1. The van der Waals surface area contributed by atoms with Crippen molar-refractivity contribution >= 4 is 5.96 Å². The highest BCUT2D eigenvalue weighted by molar-refractivity contribution is 5.79. The Morgan fingerprint density at radius 1 is 1.17 bits per heavy atom. The predicted octanol–water partition coefficient (Wildman–Crippen LogP) is 3.35. The lowest BCUT2D eigenvalue weighted by Crippen LogP contribution is -2.43. The Kier molecular flexibility index (Phi) is 8.25. The van der Waals surface area contributed by atoms with Crippen LogP contribution in [0.15, 0.2) is 35.3 Å². The molecular weight excluding hydrogens is 376 g/mol. The lowest BCUT2D eigenvalue weighted by atomic mass is 9.83. The molecule has 0 amide bonds. The van der Waals surface area contributed by atoms with Crippen molar-refractivity contribution in [2.45, 2.75) is 59.0 Å². The maximum Gasteiger partial charge on any atom is 0.191 e. The molecule has 2 aromatic rings. The topological polar surface area (TPSA) is 76.4 Å². The summed E-state index contributed by atoms with van der Waals surface area (Å²) in [5, 5.41) is 15.5. The van der Waals surface area contributed by atoms with E-state index in [0.717, 1.165) is 43.8 Å². The first-order chi connectivity index (χ1) is 14.6. The minimum atomic E-state index is 0.297. The maximum atomic E-state index is 5.66. The molecule has 2 N–H and O–H groups in total. The third-order valence-electron chi connectivity index (χ3n) is 6.14. The van der Waals surface area contributed by atoms with Crippen LogP contribution in [0.5, 0.6) is 0 Å². The summed E-state index contributed by atoms with van der Waals surface area (Å²) in [7, 11) is 1.99. The van der Waals surface area contributed by atoms with E-state index in [2.05, 4.69) is 52.0 Å². The monoisotopic (exact) mass is 412 g/mol. The van der Waals surface area contributed by atoms with Gasteiger partial charge >= 0.3 is 0 Å². The van der Waals surface area contributed by atoms with Crippen LogP contribution in [0.3, 0.4) is 0 Å².